The van der Waals surface area contributed by atoms with Crippen LogP contribution in [0.3, 0.4) is 0 Å². The smallest absolute Gasteiger partial charge is 0.222 e. The van der Waals surface area contributed by atoms with Crippen molar-refractivity contribution in [3.05, 3.63) is 48.2 Å². The number of hydrogen-bond donors (Lipinski definition) is 1. The molecule has 4 aromatic rings. The van der Waals surface area contributed by atoms with Crippen LogP contribution < -0.4 is 10.6 Å². The van der Waals surface area contributed by atoms with Gasteiger partial charge < -0.3 is 15.1 Å². The predicted octanol–water partition coefficient (Wildman–Crippen LogP) is 2.18. The molecule has 25 heavy (non-hydrogen) atoms. The lowest BCUT2D eigenvalue weighted by molar-refractivity contribution is 0.580. The Balaban J connectivity index is 1.78. The summed E-state index contributed by atoms with van der Waals surface area (Å²) in [5, 5.41) is 8.46. The molecule has 4 rings (SSSR count). The molecular formula is C17H17N7O. The predicted molar refractivity (Wildman–Crippen MR) is 95.1 cm³/mol. The summed E-state index contributed by atoms with van der Waals surface area (Å²) in [6.07, 6.45) is 1.58. The van der Waals surface area contributed by atoms with Crippen LogP contribution in [0.15, 0.2) is 47.1 Å². The Hall–Kier alpha value is -3.42. The summed E-state index contributed by atoms with van der Waals surface area (Å²) in [4.78, 5) is 10.6. The van der Waals surface area contributed by atoms with E-state index in [1.54, 1.807) is 23.1 Å². The second-order valence-corrected chi connectivity index (χ2v) is 5.89. The zero-order valence-electron chi connectivity index (χ0n) is 13.9. The van der Waals surface area contributed by atoms with Gasteiger partial charge in [0.15, 0.2) is 16.9 Å². The number of aromatic nitrogens is 5. The normalized spacial score (nSPS) is 11.1. The van der Waals surface area contributed by atoms with Gasteiger partial charge in [-0.1, -0.05) is 17.3 Å². The van der Waals surface area contributed by atoms with Gasteiger partial charge in [-0.2, -0.15) is 4.98 Å². The quantitative estimate of drug-likeness (QED) is 0.610. The first-order valence-electron chi connectivity index (χ1n) is 7.78. The molecule has 0 fully saturated rings. The third-order valence-electron chi connectivity index (χ3n) is 3.89. The minimum absolute atomic E-state index is 0.157. The minimum atomic E-state index is 0.157. The molecule has 8 nitrogen and oxygen atoms in total. The van der Waals surface area contributed by atoms with E-state index in [0.29, 0.717) is 29.2 Å². The molecule has 0 aliphatic carbocycles. The number of nitrogens with zero attached hydrogens (tertiary/aromatic N) is 6. The van der Waals surface area contributed by atoms with Crippen molar-refractivity contribution in [1.82, 2.24) is 25.0 Å². The Morgan fingerprint density at radius 2 is 2.04 bits per heavy atom. The highest BCUT2D eigenvalue weighted by atomic mass is 16.3. The van der Waals surface area contributed by atoms with Crippen LogP contribution in [0.2, 0.25) is 0 Å². The summed E-state index contributed by atoms with van der Waals surface area (Å²) in [6.45, 7) is 0.534. The summed E-state index contributed by atoms with van der Waals surface area (Å²) in [7, 11) is 4.01. The maximum Gasteiger partial charge on any atom is 0.222 e. The fraction of sp³-hybridized carbons (Fsp3) is 0.176. The summed E-state index contributed by atoms with van der Waals surface area (Å²) in [5.41, 5.74) is 9.77. The number of benzene rings is 1. The fourth-order valence-corrected chi connectivity index (χ4v) is 2.67. The largest absolute Gasteiger partial charge is 0.463 e. The summed E-state index contributed by atoms with van der Waals surface area (Å²) in [6, 6.07) is 11.8. The molecule has 0 aliphatic heterocycles. The second-order valence-electron chi connectivity index (χ2n) is 5.89. The number of furan rings is 1. The average Bonchev–Trinajstić information content (AvgIpc) is 3.25. The van der Waals surface area contributed by atoms with Crippen molar-refractivity contribution < 1.29 is 4.42 Å². The van der Waals surface area contributed by atoms with Crippen LogP contribution in [-0.4, -0.2) is 39.1 Å². The van der Waals surface area contributed by atoms with E-state index in [1.807, 2.05) is 26.2 Å². The van der Waals surface area contributed by atoms with Crippen LogP contribution in [0.4, 0.5) is 11.6 Å². The Labute approximate surface area is 143 Å². The van der Waals surface area contributed by atoms with Crippen molar-refractivity contribution in [3.8, 4) is 11.5 Å². The van der Waals surface area contributed by atoms with E-state index < -0.39 is 0 Å². The summed E-state index contributed by atoms with van der Waals surface area (Å²) >= 11 is 0. The first-order valence-corrected chi connectivity index (χ1v) is 7.78. The molecule has 3 heterocycles. The molecule has 0 saturated heterocycles. The molecule has 8 heteroatoms. The van der Waals surface area contributed by atoms with Crippen LogP contribution in [0.5, 0.6) is 0 Å². The van der Waals surface area contributed by atoms with Gasteiger partial charge in [0.1, 0.15) is 5.69 Å². The summed E-state index contributed by atoms with van der Waals surface area (Å²) < 4.78 is 7.14. The molecule has 0 radical (unpaired) electrons. The molecule has 0 aliphatic rings. The van der Waals surface area contributed by atoms with Crippen molar-refractivity contribution in [2.24, 2.45) is 0 Å². The maximum atomic E-state index is 5.88. The highest BCUT2D eigenvalue weighted by Crippen LogP contribution is 2.25. The Morgan fingerprint density at radius 3 is 2.80 bits per heavy atom. The number of fused-ring (bicyclic) bond motifs is 1. The number of anilines is 2. The molecule has 0 atom stereocenters. The van der Waals surface area contributed by atoms with Gasteiger partial charge in [0.25, 0.3) is 0 Å². The second kappa shape index (κ2) is 5.90. The van der Waals surface area contributed by atoms with Gasteiger partial charge in [0, 0.05) is 19.8 Å². The first-order chi connectivity index (χ1) is 12.1. The standard InChI is InChI=1S/C17H17N7O/c1-23(2)12-6-3-5-11(9-12)10-24-16-15(21-22-24)14(19-17(18)20-16)13-7-4-8-25-13/h3-9H,10H2,1-2H3,(H2,18,19,20). The minimum Gasteiger partial charge on any atom is -0.463 e. The first kappa shape index (κ1) is 15.1. The van der Waals surface area contributed by atoms with E-state index in [1.165, 1.54) is 0 Å². The maximum absolute atomic E-state index is 5.88. The Bertz CT molecular complexity index is 1020. The Kier molecular flexibility index (Phi) is 3.57. The van der Waals surface area contributed by atoms with Crippen LogP contribution in [0.1, 0.15) is 5.56 Å². The van der Waals surface area contributed by atoms with Gasteiger partial charge in [-0.05, 0) is 29.8 Å². The van der Waals surface area contributed by atoms with Crippen molar-refractivity contribution in [3.63, 3.8) is 0 Å². The molecule has 0 saturated carbocycles. The van der Waals surface area contributed by atoms with E-state index in [9.17, 15) is 0 Å². The molecular weight excluding hydrogens is 318 g/mol. The van der Waals surface area contributed by atoms with E-state index in [4.69, 9.17) is 10.2 Å². The van der Waals surface area contributed by atoms with Gasteiger partial charge in [-0.25, -0.2) is 9.67 Å². The fourth-order valence-electron chi connectivity index (χ4n) is 2.67. The van der Waals surface area contributed by atoms with Crippen LogP contribution in [0, 0.1) is 0 Å². The topological polar surface area (TPSA) is 98.9 Å². The SMILES string of the molecule is CN(C)c1cccc(Cn2nnc3c(-c4ccco4)nc(N)nc32)c1. The zero-order chi connectivity index (χ0) is 17.4. The molecule has 0 spiro atoms. The van der Waals surface area contributed by atoms with E-state index in [-0.39, 0.29) is 5.95 Å². The molecule has 0 unspecified atom stereocenters. The lowest BCUT2D eigenvalue weighted by atomic mass is 10.2. The zero-order valence-corrected chi connectivity index (χ0v) is 13.9. The molecule has 0 bridgehead atoms. The van der Waals surface area contributed by atoms with Gasteiger partial charge >= 0.3 is 0 Å². The number of nitrogen functional groups attached to an aromatic ring is 1. The number of rotatable bonds is 4. The Morgan fingerprint density at radius 1 is 1.16 bits per heavy atom. The van der Waals surface area contributed by atoms with Gasteiger partial charge in [-0.3, -0.25) is 0 Å². The van der Waals surface area contributed by atoms with Crippen molar-refractivity contribution in [2.75, 3.05) is 24.7 Å². The van der Waals surface area contributed by atoms with E-state index in [0.717, 1.165) is 11.3 Å². The van der Waals surface area contributed by atoms with Gasteiger partial charge in [0.05, 0.1) is 12.8 Å². The highest BCUT2D eigenvalue weighted by molar-refractivity contribution is 5.85. The number of nitrogens with two attached hydrogens (primary N) is 1. The molecule has 2 N–H and O–H groups in total. The van der Waals surface area contributed by atoms with Crippen molar-refractivity contribution >= 4 is 22.8 Å². The highest BCUT2D eigenvalue weighted by Gasteiger charge is 2.17. The van der Waals surface area contributed by atoms with Crippen molar-refractivity contribution in [1.29, 1.82) is 0 Å². The number of hydrogen-bond acceptors (Lipinski definition) is 7. The summed E-state index contributed by atoms with van der Waals surface area (Å²) in [5.74, 6) is 0.741. The molecule has 0 amide bonds. The van der Waals surface area contributed by atoms with Crippen LogP contribution in [0.25, 0.3) is 22.6 Å². The third-order valence-corrected chi connectivity index (χ3v) is 3.89. The molecule has 1 aromatic carbocycles. The van der Waals surface area contributed by atoms with E-state index >= 15 is 0 Å². The van der Waals surface area contributed by atoms with Gasteiger partial charge in [-0.15, -0.1) is 5.10 Å². The van der Waals surface area contributed by atoms with Crippen LogP contribution in [-0.2, 0) is 6.54 Å². The average molecular weight is 335 g/mol. The lowest BCUT2D eigenvalue weighted by Crippen LogP contribution is -2.10. The van der Waals surface area contributed by atoms with E-state index in [2.05, 4.69) is 37.3 Å². The van der Waals surface area contributed by atoms with Gasteiger partial charge in [0.2, 0.25) is 5.95 Å². The monoisotopic (exact) mass is 335 g/mol. The van der Waals surface area contributed by atoms with Crippen LogP contribution >= 0.6 is 0 Å². The molecule has 3 aromatic heterocycles. The molecule has 126 valence electrons. The third kappa shape index (κ3) is 2.78. The lowest BCUT2D eigenvalue weighted by Gasteiger charge is -2.13. The van der Waals surface area contributed by atoms with Crippen molar-refractivity contribution in [2.45, 2.75) is 6.54 Å².